The minimum atomic E-state index is -0.716. The molecule has 4 heteroatoms. The number of carbonyl (C=O) groups is 1. The van der Waals surface area contributed by atoms with Crippen LogP contribution in [-0.4, -0.2) is 11.3 Å². The Balaban J connectivity index is 3.03. The van der Waals surface area contributed by atoms with Gasteiger partial charge in [-0.2, -0.15) is 0 Å². The molecule has 3 nitrogen and oxygen atoms in total. The van der Waals surface area contributed by atoms with Crippen LogP contribution in [0, 0.1) is 6.92 Å². The quantitative estimate of drug-likeness (QED) is 0.585. The Morgan fingerprint density at radius 3 is 2.80 bits per heavy atom. The number of nitrogens with zero attached hydrogens (tertiary/aromatic N) is 1. The summed E-state index contributed by atoms with van der Waals surface area (Å²) in [6.07, 6.45) is 0.451. The van der Waals surface area contributed by atoms with Gasteiger partial charge in [0.15, 0.2) is 5.76 Å². The number of halogens is 1. The van der Waals surface area contributed by atoms with Gasteiger partial charge < -0.3 is 4.42 Å². The van der Waals surface area contributed by atoms with Gasteiger partial charge >= 0.3 is 0 Å². The molecule has 0 bridgehead atoms. The molecule has 0 unspecified atom stereocenters. The molecule has 0 N–H and O–H groups in total. The summed E-state index contributed by atoms with van der Waals surface area (Å²) in [7, 11) is 0. The molecule has 0 aliphatic rings. The minimum absolute atomic E-state index is 0.0647. The first-order chi connectivity index (χ1) is 4.77. The molecule has 0 aliphatic heterocycles. The highest BCUT2D eigenvalue weighted by Crippen LogP contribution is 2.09. The van der Waals surface area contributed by atoms with E-state index in [1.54, 1.807) is 6.92 Å². The van der Waals surface area contributed by atoms with Crippen LogP contribution < -0.4 is 0 Å². The lowest BCUT2D eigenvalue weighted by atomic mass is 10.4. The Morgan fingerprint density at radius 2 is 2.50 bits per heavy atom. The highest BCUT2D eigenvalue weighted by atomic mass is 19.1. The van der Waals surface area contributed by atoms with Crippen LogP contribution in [0.2, 0.25) is 0 Å². The number of hydrogen-bond acceptors (Lipinski definition) is 3. The fourth-order valence-corrected chi connectivity index (χ4v) is 0.625. The van der Waals surface area contributed by atoms with Gasteiger partial charge in [0.1, 0.15) is 6.67 Å². The van der Waals surface area contributed by atoms with Crippen molar-refractivity contribution in [2.45, 2.75) is 13.6 Å². The fraction of sp³-hybridized carbons (Fsp3) is 0.333. The first-order valence-corrected chi connectivity index (χ1v) is 2.75. The zero-order valence-corrected chi connectivity index (χ0v) is 5.43. The number of hydrogen-bond donors (Lipinski definition) is 0. The van der Waals surface area contributed by atoms with Crippen molar-refractivity contribution in [2.75, 3.05) is 0 Å². The summed E-state index contributed by atoms with van der Waals surface area (Å²) in [4.78, 5) is 13.6. The zero-order valence-electron chi connectivity index (χ0n) is 5.43. The first kappa shape index (κ1) is 6.92. The molecule has 0 spiro atoms. The van der Waals surface area contributed by atoms with Gasteiger partial charge in [0.25, 0.3) is 5.89 Å². The molecule has 1 rings (SSSR count). The Hall–Kier alpha value is -1.19. The summed E-state index contributed by atoms with van der Waals surface area (Å²) in [5.74, 6) is 0.0623. The molecule has 0 aromatic carbocycles. The topological polar surface area (TPSA) is 43.1 Å². The molecule has 0 amide bonds. The van der Waals surface area contributed by atoms with E-state index in [4.69, 9.17) is 0 Å². The van der Waals surface area contributed by atoms with Crippen LogP contribution in [0.4, 0.5) is 4.39 Å². The van der Waals surface area contributed by atoms with Crippen molar-refractivity contribution in [1.82, 2.24) is 4.98 Å². The number of oxazole rings is 1. The molecule has 1 aromatic rings. The first-order valence-electron chi connectivity index (χ1n) is 2.75. The molecule has 0 atom stereocenters. The molecule has 0 fully saturated rings. The minimum Gasteiger partial charge on any atom is -0.436 e. The third-order valence-corrected chi connectivity index (χ3v) is 1.13. The second kappa shape index (κ2) is 2.60. The molecule has 0 saturated carbocycles. The van der Waals surface area contributed by atoms with Crippen molar-refractivity contribution in [2.24, 2.45) is 0 Å². The monoisotopic (exact) mass is 143 g/mol. The Kier molecular flexibility index (Phi) is 1.80. The molecule has 1 heterocycles. The van der Waals surface area contributed by atoms with Gasteiger partial charge in [0.05, 0.1) is 5.69 Å². The smallest absolute Gasteiger partial charge is 0.260 e. The van der Waals surface area contributed by atoms with Gasteiger partial charge in [-0.3, -0.25) is 4.79 Å². The average molecular weight is 143 g/mol. The standard InChI is InChI=1S/C6H6FNO2/c1-4-5(2-7)10-6(3-9)8-4/h3H,2H2,1H3. The summed E-state index contributed by atoms with van der Waals surface area (Å²) in [5, 5.41) is 0. The van der Waals surface area contributed by atoms with E-state index in [-0.39, 0.29) is 11.7 Å². The SMILES string of the molecule is Cc1nc(C=O)oc1CF. The number of aromatic nitrogens is 1. The Bertz CT molecular complexity index is 244. The molecule has 0 aliphatic carbocycles. The van der Waals surface area contributed by atoms with Crippen molar-refractivity contribution in [3.63, 3.8) is 0 Å². The predicted molar refractivity (Wildman–Crippen MR) is 31.4 cm³/mol. The van der Waals surface area contributed by atoms with E-state index >= 15 is 0 Å². The van der Waals surface area contributed by atoms with E-state index in [1.807, 2.05) is 0 Å². The van der Waals surface area contributed by atoms with Gasteiger partial charge in [0, 0.05) is 0 Å². The lowest BCUT2D eigenvalue weighted by molar-refractivity contribution is 0.109. The van der Waals surface area contributed by atoms with Gasteiger partial charge in [-0.1, -0.05) is 0 Å². The molecular weight excluding hydrogens is 137 g/mol. The highest BCUT2D eigenvalue weighted by molar-refractivity contribution is 5.67. The van der Waals surface area contributed by atoms with Crippen molar-refractivity contribution >= 4 is 6.29 Å². The number of rotatable bonds is 2. The normalized spacial score (nSPS) is 9.80. The summed E-state index contributed by atoms with van der Waals surface area (Å²) < 4.78 is 16.5. The van der Waals surface area contributed by atoms with Gasteiger partial charge in [0.2, 0.25) is 6.29 Å². The fourth-order valence-electron chi connectivity index (χ4n) is 0.625. The predicted octanol–water partition coefficient (Wildman–Crippen LogP) is 1.27. The van der Waals surface area contributed by atoms with Crippen LogP contribution in [-0.2, 0) is 6.67 Å². The molecular formula is C6H6FNO2. The lowest BCUT2D eigenvalue weighted by Gasteiger charge is -1.82. The second-order valence-electron chi connectivity index (χ2n) is 1.81. The molecule has 1 aromatic heterocycles. The van der Waals surface area contributed by atoms with E-state index in [9.17, 15) is 9.18 Å². The number of alkyl halides is 1. The average Bonchev–Trinajstić information content (AvgIpc) is 2.30. The number of aryl methyl sites for hydroxylation is 1. The maximum atomic E-state index is 11.9. The summed E-state index contributed by atoms with van der Waals surface area (Å²) in [6, 6.07) is 0. The summed E-state index contributed by atoms with van der Waals surface area (Å²) in [5.41, 5.74) is 0.435. The zero-order chi connectivity index (χ0) is 7.56. The summed E-state index contributed by atoms with van der Waals surface area (Å²) >= 11 is 0. The van der Waals surface area contributed by atoms with E-state index in [0.29, 0.717) is 12.0 Å². The number of carbonyl (C=O) groups excluding carboxylic acids is 1. The van der Waals surface area contributed by atoms with Crippen molar-refractivity contribution < 1.29 is 13.6 Å². The maximum absolute atomic E-state index is 11.9. The van der Waals surface area contributed by atoms with E-state index < -0.39 is 6.67 Å². The van der Waals surface area contributed by atoms with Crippen LogP contribution in [0.3, 0.4) is 0 Å². The lowest BCUT2D eigenvalue weighted by Crippen LogP contribution is -1.78. The van der Waals surface area contributed by atoms with Crippen LogP contribution in [0.25, 0.3) is 0 Å². The second-order valence-corrected chi connectivity index (χ2v) is 1.81. The van der Waals surface area contributed by atoms with E-state index in [1.165, 1.54) is 0 Å². The molecule has 54 valence electrons. The van der Waals surface area contributed by atoms with Crippen LogP contribution in [0.15, 0.2) is 4.42 Å². The number of aldehydes is 1. The van der Waals surface area contributed by atoms with E-state index in [2.05, 4.69) is 9.40 Å². The Labute approximate surface area is 56.9 Å². The van der Waals surface area contributed by atoms with Gasteiger partial charge in [-0.25, -0.2) is 9.37 Å². The van der Waals surface area contributed by atoms with Crippen LogP contribution >= 0.6 is 0 Å². The van der Waals surface area contributed by atoms with Gasteiger partial charge in [-0.05, 0) is 6.92 Å². The van der Waals surface area contributed by atoms with Crippen molar-refractivity contribution in [1.29, 1.82) is 0 Å². The van der Waals surface area contributed by atoms with Gasteiger partial charge in [-0.15, -0.1) is 0 Å². The Morgan fingerprint density at radius 1 is 1.80 bits per heavy atom. The van der Waals surface area contributed by atoms with E-state index in [0.717, 1.165) is 0 Å². The molecule has 10 heavy (non-hydrogen) atoms. The maximum Gasteiger partial charge on any atom is 0.260 e. The van der Waals surface area contributed by atoms with Crippen molar-refractivity contribution in [3.8, 4) is 0 Å². The molecule has 0 saturated heterocycles. The van der Waals surface area contributed by atoms with Crippen molar-refractivity contribution in [3.05, 3.63) is 17.3 Å². The summed E-state index contributed by atoms with van der Waals surface area (Å²) in [6.45, 7) is 0.873. The molecule has 0 radical (unpaired) electrons. The highest BCUT2D eigenvalue weighted by Gasteiger charge is 2.06. The third-order valence-electron chi connectivity index (χ3n) is 1.13. The van der Waals surface area contributed by atoms with Crippen LogP contribution in [0.1, 0.15) is 22.1 Å². The third kappa shape index (κ3) is 1.05. The largest absolute Gasteiger partial charge is 0.436 e. The van der Waals surface area contributed by atoms with Crippen LogP contribution in [0.5, 0.6) is 0 Å².